The van der Waals surface area contributed by atoms with E-state index in [4.69, 9.17) is 5.73 Å². The van der Waals surface area contributed by atoms with Crippen LogP contribution in [-0.4, -0.2) is 80.2 Å². The van der Waals surface area contributed by atoms with E-state index in [-0.39, 0.29) is 18.9 Å². The van der Waals surface area contributed by atoms with Crippen LogP contribution in [-0.2, 0) is 24.2 Å². The van der Waals surface area contributed by atoms with Crippen molar-refractivity contribution in [1.82, 2.24) is 20.8 Å². The van der Waals surface area contributed by atoms with Gasteiger partial charge in [-0.15, -0.1) is 0 Å². The average molecular weight is 466 g/mol. The van der Waals surface area contributed by atoms with Gasteiger partial charge in [-0.25, -0.2) is 18.5 Å². The predicted octanol–water partition coefficient (Wildman–Crippen LogP) is -0.433. The summed E-state index contributed by atoms with van der Waals surface area (Å²) in [5, 5.41) is 15.2. The fraction of sp³-hybridized carbons (Fsp3) is 0.842. The summed E-state index contributed by atoms with van der Waals surface area (Å²) in [4.78, 5) is 38.1. The number of sulfone groups is 1. The van der Waals surface area contributed by atoms with Gasteiger partial charge in [0.25, 0.3) is 11.8 Å². The normalized spacial score (nSPS) is 15.5. The molecule has 3 atom stereocenters. The van der Waals surface area contributed by atoms with Gasteiger partial charge in [0.1, 0.15) is 6.04 Å². The summed E-state index contributed by atoms with van der Waals surface area (Å²) >= 11 is 0. The predicted molar refractivity (Wildman–Crippen MR) is 117 cm³/mol. The van der Waals surface area contributed by atoms with Gasteiger partial charge in [0.15, 0.2) is 9.84 Å². The number of hydrogen-bond acceptors (Lipinski definition) is 8. The summed E-state index contributed by atoms with van der Waals surface area (Å²) in [5.41, 5.74) is 7.23. The Balaban J connectivity index is 5.96. The Bertz CT molecular complexity index is 733. The van der Waals surface area contributed by atoms with Crippen molar-refractivity contribution in [3.63, 3.8) is 0 Å². The Kier molecular flexibility index (Phi) is 11.1. The van der Waals surface area contributed by atoms with Gasteiger partial charge in [0.05, 0.1) is 17.7 Å². The molecule has 3 amide bonds. The quantitative estimate of drug-likeness (QED) is 0.223. The van der Waals surface area contributed by atoms with Gasteiger partial charge in [0.2, 0.25) is 5.91 Å². The number of carbonyl (C=O) groups excluding carboxylic acids is 3. The zero-order chi connectivity index (χ0) is 24.7. The standard InChI is InChI=1S/C19H39N5O6S/c1-12(2)9-13(14(16(20)25)10-21-11-31(8,29)30)18(27)24(28)15(19(3,4)5)17(26)22-23(6)7/h12-15,21,28H,9-11H2,1-8H3,(H2,20,25)(H,22,26)/t13?,14?,15-/m1/s1. The van der Waals surface area contributed by atoms with Gasteiger partial charge in [0, 0.05) is 26.9 Å². The highest BCUT2D eigenvalue weighted by atomic mass is 32.2. The van der Waals surface area contributed by atoms with Crippen molar-refractivity contribution < 1.29 is 28.0 Å². The fourth-order valence-electron chi connectivity index (χ4n) is 3.24. The van der Waals surface area contributed by atoms with Crippen molar-refractivity contribution >= 4 is 27.6 Å². The van der Waals surface area contributed by atoms with Gasteiger partial charge < -0.3 is 11.1 Å². The van der Waals surface area contributed by atoms with Crippen molar-refractivity contribution in [2.45, 2.75) is 47.1 Å². The number of primary amides is 1. The maximum atomic E-state index is 13.3. The van der Waals surface area contributed by atoms with Crippen LogP contribution in [0.15, 0.2) is 0 Å². The molecule has 0 aromatic carbocycles. The minimum absolute atomic E-state index is 0.0391. The number of nitrogens with one attached hydrogen (secondary N) is 2. The Hall–Kier alpha value is -1.76. The Morgan fingerprint density at radius 1 is 1.10 bits per heavy atom. The first-order valence-electron chi connectivity index (χ1n) is 10.1. The smallest absolute Gasteiger partial charge is 0.260 e. The molecule has 0 aliphatic heterocycles. The molecule has 31 heavy (non-hydrogen) atoms. The second-order valence-corrected chi connectivity index (χ2v) is 11.7. The molecule has 0 bridgehead atoms. The van der Waals surface area contributed by atoms with Crippen molar-refractivity contribution in [2.24, 2.45) is 28.9 Å². The van der Waals surface area contributed by atoms with E-state index in [1.54, 1.807) is 34.9 Å². The van der Waals surface area contributed by atoms with Crippen LogP contribution in [0.25, 0.3) is 0 Å². The fourth-order valence-corrected chi connectivity index (χ4v) is 3.72. The summed E-state index contributed by atoms with van der Waals surface area (Å²) in [5.74, 6) is -4.79. The van der Waals surface area contributed by atoms with E-state index in [0.717, 1.165) is 6.26 Å². The van der Waals surface area contributed by atoms with Crippen molar-refractivity contribution in [1.29, 1.82) is 0 Å². The van der Waals surface area contributed by atoms with Crippen LogP contribution in [0.4, 0.5) is 0 Å². The third kappa shape index (κ3) is 10.4. The summed E-state index contributed by atoms with van der Waals surface area (Å²) in [6.07, 6.45) is 1.24. The van der Waals surface area contributed by atoms with Gasteiger partial charge >= 0.3 is 0 Å². The summed E-state index contributed by atoms with van der Waals surface area (Å²) in [6.45, 7) is 8.59. The van der Waals surface area contributed by atoms with Crippen molar-refractivity contribution in [3.05, 3.63) is 0 Å². The van der Waals surface area contributed by atoms with E-state index in [1.165, 1.54) is 5.01 Å². The highest BCUT2D eigenvalue weighted by molar-refractivity contribution is 7.90. The molecule has 0 radical (unpaired) electrons. The maximum absolute atomic E-state index is 13.3. The Morgan fingerprint density at radius 2 is 1.61 bits per heavy atom. The highest BCUT2D eigenvalue weighted by Crippen LogP contribution is 2.29. The first kappa shape index (κ1) is 29.2. The lowest BCUT2D eigenvalue weighted by Crippen LogP contribution is -2.58. The number of carbonyl (C=O) groups is 3. The van der Waals surface area contributed by atoms with Crippen LogP contribution in [0.1, 0.15) is 41.0 Å². The number of amides is 3. The molecular weight excluding hydrogens is 426 g/mol. The number of rotatable bonds is 12. The number of hydroxylamine groups is 2. The first-order chi connectivity index (χ1) is 13.9. The van der Waals surface area contributed by atoms with Gasteiger partial charge in [-0.2, -0.15) is 0 Å². The summed E-state index contributed by atoms with van der Waals surface area (Å²) < 4.78 is 22.8. The largest absolute Gasteiger partial charge is 0.369 e. The number of hydrazine groups is 1. The van der Waals surface area contributed by atoms with Gasteiger partial charge in [-0.1, -0.05) is 34.6 Å². The van der Waals surface area contributed by atoms with E-state index in [2.05, 4.69) is 10.7 Å². The zero-order valence-corrected chi connectivity index (χ0v) is 20.6. The highest BCUT2D eigenvalue weighted by Gasteiger charge is 2.43. The van der Waals surface area contributed by atoms with E-state index in [0.29, 0.717) is 5.06 Å². The van der Waals surface area contributed by atoms with E-state index in [9.17, 15) is 28.0 Å². The summed E-state index contributed by atoms with van der Waals surface area (Å²) in [7, 11) is -0.159. The molecule has 0 spiro atoms. The molecule has 0 aromatic heterocycles. The lowest BCUT2D eigenvalue weighted by atomic mass is 9.81. The van der Waals surface area contributed by atoms with Crippen LogP contribution in [0, 0.1) is 23.2 Å². The van der Waals surface area contributed by atoms with Crippen LogP contribution in [0.5, 0.6) is 0 Å². The molecule has 182 valence electrons. The molecule has 0 aliphatic rings. The van der Waals surface area contributed by atoms with Crippen molar-refractivity contribution in [2.75, 3.05) is 32.8 Å². The second kappa shape index (κ2) is 11.7. The minimum atomic E-state index is -3.35. The van der Waals surface area contributed by atoms with Crippen LogP contribution < -0.4 is 16.5 Å². The Labute approximate surface area is 185 Å². The first-order valence-corrected chi connectivity index (χ1v) is 12.1. The molecule has 5 N–H and O–H groups in total. The average Bonchev–Trinajstić information content (AvgIpc) is 2.52. The lowest BCUT2D eigenvalue weighted by molar-refractivity contribution is -0.196. The monoisotopic (exact) mass is 465 g/mol. The number of nitrogens with zero attached hydrogens (tertiary/aromatic N) is 2. The molecule has 0 saturated heterocycles. The number of hydrogen-bond donors (Lipinski definition) is 4. The van der Waals surface area contributed by atoms with Crippen LogP contribution in [0.3, 0.4) is 0 Å². The van der Waals surface area contributed by atoms with E-state index in [1.807, 2.05) is 13.8 Å². The zero-order valence-electron chi connectivity index (χ0n) is 19.8. The number of nitrogens with two attached hydrogens (primary N) is 1. The SMILES string of the molecule is CC(C)CC(C(=O)N(O)[C@H](C(=O)NN(C)C)C(C)(C)C)C(CNCS(C)(=O)=O)C(N)=O. The van der Waals surface area contributed by atoms with Crippen LogP contribution >= 0.6 is 0 Å². The lowest BCUT2D eigenvalue weighted by Gasteiger charge is -2.38. The third-order valence-electron chi connectivity index (χ3n) is 4.50. The molecule has 0 aliphatic carbocycles. The second-order valence-electron chi connectivity index (χ2n) is 9.59. The van der Waals surface area contributed by atoms with E-state index >= 15 is 0 Å². The molecule has 0 aromatic rings. The minimum Gasteiger partial charge on any atom is -0.369 e. The van der Waals surface area contributed by atoms with Crippen molar-refractivity contribution in [3.8, 4) is 0 Å². The molecule has 11 nitrogen and oxygen atoms in total. The Morgan fingerprint density at radius 3 is 1.97 bits per heavy atom. The topological polar surface area (TPSA) is 162 Å². The molecule has 2 unspecified atom stereocenters. The van der Waals surface area contributed by atoms with Gasteiger partial charge in [-0.3, -0.25) is 25.0 Å². The summed E-state index contributed by atoms with van der Waals surface area (Å²) in [6, 6.07) is -1.24. The van der Waals surface area contributed by atoms with E-state index < -0.39 is 56.7 Å². The molecule has 0 rings (SSSR count). The maximum Gasteiger partial charge on any atom is 0.260 e. The van der Waals surface area contributed by atoms with Crippen LogP contribution in [0.2, 0.25) is 0 Å². The molecule has 0 saturated carbocycles. The third-order valence-corrected chi connectivity index (χ3v) is 5.22. The molecule has 0 fully saturated rings. The molecular formula is C19H39N5O6S. The molecule has 12 heteroatoms. The molecule has 0 heterocycles. The van der Waals surface area contributed by atoms with Gasteiger partial charge in [-0.05, 0) is 17.8 Å².